The van der Waals surface area contributed by atoms with Crippen molar-refractivity contribution in [3.8, 4) is 0 Å². The molecule has 0 bridgehead atoms. The molecule has 2 aliphatic carbocycles. The molecule has 2 saturated carbocycles. The molecule has 1 heterocycles. The Balaban J connectivity index is 1.43. The maximum atomic E-state index is 12.8. The zero-order chi connectivity index (χ0) is 18.3. The summed E-state index contributed by atoms with van der Waals surface area (Å²) in [6.07, 6.45) is 4.36. The van der Waals surface area contributed by atoms with Crippen molar-refractivity contribution < 1.29 is 19.1 Å². The zero-order valence-corrected chi connectivity index (χ0v) is 15.5. The van der Waals surface area contributed by atoms with Gasteiger partial charge in [-0.3, -0.25) is 4.90 Å². The minimum atomic E-state index is -0.511. The van der Waals surface area contributed by atoms with E-state index in [-0.39, 0.29) is 36.2 Å². The fourth-order valence-electron chi connectivity index (χ4n) is 4.39. The van der Waals surface area contributed by atoms with Gasteiger partial charge in [-0.25, -0.2) is 9.59 Å². The van der Waals surface area contributed by atoms with Crippen LogP contribution >= 0.6 is 0 Å². The highest BCUT2D eigenvalue weighted by Crippen LogP contribution is 2.48. The third-order valence-electron chi connectivity index (χ3n) is 6.21. The van der Waals surface area contributed by atoms with Crippen molar-refractivity contribution in [1.82, 2.24) is 4.90 Å². The third-order valence-corrected chi connectivity index (χ3v) is 6.21. The average molecular weight is 357 g/mol. The molecule has 3 fully saturated rings. The van der Waals surface area contributed by atoms with Gasteiger partial charge in [-0.15, -0.1) is 0 Å². The predicted molar refractivity (Wildman–Crippen MR) is 96.3 cm³/mol. The van der Waals surface area contributed by atoms with E-state index in [1.807, 2.05) is 30.3 Å². The van der Waals surface area contributed by atoms with Crippen LogP contribution in [0.5, 0.6) is 0 Å². The summed E-state index contributed by atoms with van der Waals surface area (Å²) in [5.74, 6) is 0.0827. The Morgan fingerprint density at radius 2 is 1.92 bits per heavy atom. The number of benzene rings is 1. The highest BCUT2D eigenvalue weighted by molar-refractivity contribution is 5.82. The number of hydrogen-bond acceptors (Lipinski definition) is 4. The van der Waals surface area contributed by atoms with Gasteiger partial charge < -0.3 is 9.47 Å². The van der Waals surface area contributed by atoms with Crippen LogP contribution in [0, 0.1) is 11.3 Å². The molecular weight excluding hydrogens is 330 g/mol. The highest BCUT2D eigenvalue weighted by Gasteiger charge is 2.54. The molecule has 2 unspecified atom stereocenters. The predicted octanol–water partition coefficient (Wildman–Crippen LogP) is 3.91. The Morgan fingerprint density at radius 3 is 2.62 bits per heavy atom. The largest absolute Gasteiger partial charge is 0.459 e. The number of amides is 1. The number of hydrogen-bond donors (Lipinski definition) is 0. The van der Waals surface area contributed by atoms with Crippen LogP contribution in [-0.2, 0) is 20.9 Å². The summed E-state index contributed by atoms with van der Waals surface area (Å²) >= 11 is 0. The molecule has 4 rings (SSSR count). The molecule has 0 aromatic heterocycles. The molecule has 1 amide bonds. The number of likely N-dealkylation sites (tertiary alicyclic amines) is 1. The number of carbonyl (C=O) groups excluding carboxylic acids is 2. The van der Waals surface area contributed by atoms with Gasteiger partial charge in [0.1, 0.15) is 18.8 Å². The minimum Gasteiger partial charge on any atom is -0.459 e. The second kappa shape index (κ2) is 6.60. The molecule has 1 saturated heterocycles. The molecule has 140 valence electrons. The summed E-state index contributed by atoms with van der Waals surface area (Å²) in [4.78, 5) is 27.2. The summed E-state index contributed by atoms with van der Waals surface area (Å²) in [6, 6.07) is 9.24. The van der Waals surface area contributed by atoms with E-state index in [1.165, 1.54) is 0 Å². The standard InChI is InChI=1S/C21H27NO4/c1-21(2)12-18(21)26-20(24)22-16-10-6-9-15(16)11-17(22)19(23)25-13-14-7-4-3-5-8-14/h3-5,7-8,15-18H,6,9-13H2,1-2H3/t15?,16-,17-,18?/m0/s1. The van der Waals surface area contributed by atoms with Crippen molar-refractivity contribution in [2.75, 3.05) is 0 Å². The summed E-state index contributed by atoms with van der Waals surface area (Å²) in [5.41, 5.74) is 1.02. The summed E-state index contributed by atoms with van der Waals surface area (Å²) in [5, 5.41) is 0. The van der Waals surface area contributed by atoms with Crippen LogP contribution in [0.15, 0.2) is 30.3 Å². The summed E-state index contributed by atoms with van der Waals surface area (Å²) in [7, 11) is 0. The molecule has 0 radical (unpaired) electrons. The lowest BCUT2D eigenvalue weighted by molar-refractivity contribution is -0.150. The molecule has 0 N–H and O–H groups in total. The van der Waals surface area contributed by atoms with Crippen LogP contribution in [0.2, 0.25) is 0 Å². The first-order chi connectivity index (χ1) is 12.5. The van der Waals surface area contributed by atoms with Gasteiger partial charge in [0.15, 0.2) is 0 Å². The van der Waals surface area contributed by atoms with Gasteiger partial charge in [0, 0.05) is 11.5 Å². The van der Waals surface area contributed by atoms with E-state index < -0.39 is 6.04 Å². The second-order valence-corrected chi connectivity index (χ2v) is 8.58. The van der Waals surface area contributed by atoms with Gasteiger partial charge in [-0.05, 0) is 37.2 Å². The average Bonchev–Trinajstić information content (AvgIpc) is 2.96. The van der Waals surface area contributed by atoms with Crippen LogP contribution in [0.3, 0.4) is 0 Å². The molecule has 1 aromatic rings. The lowest BCUT2D eigenvalue weighted by Gasteiger charge is -2.28. The molecule has 4 atom stereocenters. The number of rotatable bonds is 4. The Labute approximate surface area is 154 Å². The fourth-order valence-corrected chi connectivity index (χ4v) is 4.39. The van der Waals surface area contributed by atoms with Gasteiger partial charge in [-0.2, -0.15) is 0 Å². The first-order valence-corrected chi connectivity index (χ1v) is 9.65. The maximum Gasteiger partial charge on any atom is 0.411 e. The Morgan fingerprint density at radius 1 is 1.19 bits per heavy atom. The van der Waals surface area contributed by atoms with E-state index in [9.17, 15) is 9.59 Å². The Bertz CT molecular complexity index is 687. The quantitative estimate of drug-likeness (QED) is 0.767. The van der Waals surface area contributed by atoms with E-state index in [0.29, 0.717) is 12.3 Å². The molecule has 1 aliphatic heterocycles. The zero-order valence-electron chi connectivity index (χ0n) is 15.5. The minimum absolute atomic E-state index is 0.0311. The van der Waals surface area contributed by atoms with Gasteiger partial charge in [-0.1, -0.05) is 50.6 Å². The van der Waals surface area contributed by atoms with Gasteiger partial charge in [0.05, 0.1) is 0 Å². The van der Waals surface area contributed by atoms with Gasteiger partial charge in [0.25, 0.3) is 0 Å². The molecular formula is C21H27NO4. The molecule has 5 heteroatoms. The maximum absolute atomic E-state index is 12.8. The van der Waals surface area contributed by atoms with E-state index in [4.69, 9.17) is 9.47 Å². The van der Waals surface area contributed by atoms with E-state index in [0.717, 1.165) is 31.2 Å². The molecule has 5 nitrogen and oxygen atoms in total. The lowest BCUT2D eigenvalue weighted by Crippen LogP contribution is -2.46. The molecule has 26 heavy (non-hydrogen) atoms. The van der Waals surface area contributed by atoms with Crippen LogP contribution in [0.4, 0.5) is 4.79 Å². The van der Waals surface area contributed by atoms with Crippen LogP contribution in [-0.4, -0.2) is 35.2 Å². The number of carbonyl (C=O) groups is 2. The number of fused-ring (bicyclic) bond motifs is 1. The SMILES string of the molecule is CC1(C)CC1OC(=O)N1[C@H](C(=O)OCc2ccccc2)CC2CCC[C@@H]21. The van der Waals surface area contributed by atoms with Crippen molar-refractivity contribution in [3.63, 3.8) is 0 Å². The first-order valence-electron chi connectivity index (χ1n) is 9.65. The second-order valence-electron chi connectivity index (χ2n) is 8.58. The van der Waals surface area contributed by atoms with Crippen molar-refractivity contribution in [3.05, 3.63) is 35.9 Å². The van der Waals surface area contributed by atoms with E-state index in [1.54, 1.807) is 4.90 Å². The first kappa shape index (κ1) is 17.4. The molecule has 1 aromatic carbocycles. The van der Waals surface area contributed by atoms with Gasteiger partial charge >= 0.3 is 12.1 Å². The van der Waals surface area contributed by atoms with Crippen LogP contribution < -0.4 is 0 Å². The van der Waals surface area contributed by atoms with Crippen LogP contribution in [0.1, 0.15) is 51.5 Å². The van der Waals surface area contributed by atoms with Crippen LogP contribution in [0.25, 0.3) is 0 Å². The van der Waals surface area contributed by atoms with Crippen molar-refractivity contribution in [2.45, 2.75) is 70.7 Å². The number of ether oxygens (including phenoxy) is 2. The molecule has 3 aliphatic rings. The highest BCUT2D eigenvalue weighted by atomic mass is 16.6. The third kappa shape index (κ3) is 3.31. The number of nitrogens with zero attached hydrogens (tertiary/aromatic N) is 1. The summed E-state index contributed by atoms with van der Waals surface area (Å²) < 4.78 is 11.2. The van der Waals surface area contributed by atoms with Crippen molar-refractivity contribution >= 4 is 12.1 Å². The normalized spacial score (nSPS) is 31.4. The lowest BCUT2D eigenvalue weighted by atomic mass is 10.0. The van der Waals surface area contributed by atoms with E-state index >= 15 is 0 Å². The Kier molecular flexibility index (Phi) is 4.41. The summed E-state index contributed by atoms with van der Waals surface area (Å²) in [6.45, 7) is 4.43. The monoisotopic (exact) mass is 357 g/mol. The molecule has 0 spiro atoms. The van der Waals surface area contributed by atoms with E-state index in [2.05, 4.69) is 13.8 Å². The topological polar surface area (TPSA) is 55.8 Å². The number of esters is 1. The van der Waals surface area contributed by atoms with Crippen molar-refractivity contribution in [1.29, 1.82) is 0 Å². The van der Waals surface area contributed by atoms with Crippen molar-refractivity contribution in [2.24, 2.45) is 11.3 Å². The Hall–Kier alpha value is -2.04. The smallest absolute Gasteiger partial charge is 0.411 e. The van der Waals surface area contributed by atoms with Gasteiger partial charge in [0.2, 0.25) is 0 Å². The fraction of sp³-hybridized carbons (Fsp3) is 0.619.